The summed E-state index contributed by atoms with van der Waals surface area (Å²) in [6.07, 6.45) is 0. The third-order valence-corrected chi connectivity index (χ3v) is 3.87. The van der Waals surface area contributed by atoms with Crippen LogP contribution < -0.4 is 5.32 Å². The van der Waals surface area contributed by atoms with Gasteiger partial charge in [-0.1, -0.05) is 15.9 Å². The maximum Gasteiger partial charge on any atom is 0.293 e. The number of anilines is 1. The summed E-state index contributed by atoms with van der Waals surface area (Å²) in [5.41, 5.74) is 2.92. The molecule has 21 heavy (non-hydrogen) atoms. The molecule has 108 valence electrons. The molecule has 0 radical (unpaired) electrons. The van der Waals surface area contributed by atoms with Crippen molar-refractivity contribution in [1.82, 2.24) is 4.57 Å². The quantitative estimate of drug-likeness (QED) is 0.676. The Morgan fingerprint density at radius 2 is 2.19 bits per heavy atom. The predicted octanol–water partition coefficient (Wildman–Crippen LogP) is 3.49. The van der Waals surface area contributed by atoms with Gasteiger partial charge in [-0.2, -0.15) is 5.26 Å². The Hall–Kier alpha value is -2.33. The Morgan fingerprint density at radius 3 is 2.76 bits per heavy atom. The van der Waals surface area contributed by atoms with Gasteiger partial charge in [-0.3, -0.25) is 10.1 Å². The smallest absolute Gasteiger partial charge is 0.293 e. The SMILES string of the molecule is Cc1c(CNc2ccc(Br)cc2[N+](=O)[O-])cc(C#N)n1C. The lowest BCUT2D eigenvalue weighted by Crippen LogP contribution is -2.04. The first-order valence-electron chi connectivity index (χ1n) is 6.17. The van der Waals surface area contributed by atoms with Gasteiger partial charge >= 0.3 is 0 Å². The van der Waals surface area contributed by atoms with E-state index in [0.717, 1.165) is 11.3 Å². The molecule has 0 fully saturated rings. The van der Waals surface area contributed by atoms with Crippen LogP contribution in [0.1, 0.15) is 17.0 Å². The number of nitriles is 1. The molecule has 1 aromatic heterocycles. The summed E-state index contributed by atoms with van der Waals surface area (Å²) in [4.78, 5) is 10.6. The van der Waals surface area contributed by atoms with Crippen LogP contribution >= 0.6 is 15.9 Å². The minimum absolute atomic E-state index is 0.0125. The molecule has 0 aliphatic carbocycles. The van der Waals surface area contributed by atoms with Crippen LogP contribution in [0.5, 0.6) is 0 Å². The highest BCUT2D eigenvalue weighted by atomic mass is 79.9. The number of hydrogen-bond acceptors (Lipinski definition) is 4. The zero-order valence-electron chi connectivity index (χ0n) is 11.6. The molecule has 0 aliphatic rings. The van der Waals surface area contributed by atoms with E-state index in [0.29, 0.717) is 22.4 Å². The van der Waals surface area contributed by atoms with Crippen molar-refractivity contribution in [1.29, 1.82) is 5.26 Å². The lowest BCUT2D eigenvalue weighted by molar-refractivity contribution is -0.384. The Kier molecular flexibility index (Phi) is 4.29. The Balaban J connectivity index is 2.25. The van der Waals surface area contributed by atoms with E-state index in [2.05, 4.69) is 27.3 Å². The largest absolute Gasteiger partial charge is 0.375 e. The van der Waals surface area contributed by atoms with Crippen molar-refractivity contribution in [2.24, 2.45) is 7.05 Å². The Labute approximate surface area is 130 Å². The van der Waals surface area contributed by atoms with Gasteiger partial charge in [0.05, 0.1) is 4.92 Å². The first kappa shape index (κ1) is 15.1. The van der Waals surface area contributed by atoms with Crippen molar-refractivity contribution in [2.75, 3.05) is 5.32 Å². The Bertz CT molecular complexity index is 746. The van der Waals surface area contributed by atoms with Gasteiger partial charge in [0.15, 0.2) is 0 Å². The second-order valence-corrected chi connectivity index (χ2v) is 5.50. The summed E-state index contributed by atoms with van der Waals surface area (Å²) < 4.78 is 2.45. The van der Waals surface area contributed by atoms with Gasteiger partial charge in [0.25, 0.3) is 5.69 Å². The van der Waals surface area contributed by atoms with E-state index in [1.807, 2.05) is 14.0 Å². The first-order valence-corrected chi connectivity index (χ1v) is 6.96. The molecule has 1 N–H and O–H groups in total. The minimum atomic E-state index is -0.425. The minimum Gasteiger partial charge on any atom is -0.375 e. The normalized spacial score (nSPS) is 10.2. The van der Waals surface area contributed by atoms with E-state index in [9.17, 15) is 10.1 Å². The number of rotatable bonds is 4. The maximum atomic E-state index is 11.1. The Morgan fingerprint density at radius 1 is 1.48 bits per heavy atom. The number of hydrogen-bond donors (Lipinski definition) is 1. The van der Waals surface area contributed by atoms with Crippen LogP contribution in [-0.2, 0) is 13.6 Å². The van der Waals surface area contributed by atoms with Crippen LogP contribution in [0.4, 0.5) is 11.4 Å². The molecule has 0 unspecified atom stereocenters. The van der Waals surface area contributed by atoms with E-state index in [1.165, 1.54) is 6.07 Å². The van der Waals surface area contributed by atoms with Gasteiger partial charge in [0.1, 0.15) is 17.5 Å². The average Bonchev–Trinajstić information content (AvgIpc) is 2.73. The number of nitro groups is 1. The van der Waals surface area contributed by atoms with Crippen molar-refractivity contribution < 1.29 is 4.92 Å². The molecule has 0 aliphatic heterocycles. The number of nitrogens with one attached hydrogen (secondary N) is 1. The topological polar surface area (TPSA) is 83.9 Å². The number of halogens is 1. The van der Waals surface area contributed by atoms with E-state index in [1.54, 1.807) is 22.8 Å². The molecule has 1 aromatic carbocycles. The molecule has 7 heteroatoms. The van der Waals surface area contributed by atoms with E-state index in [-0.39, 0.29) is 5.69 Å². The number of nitrogens with zero attached hydrogens (tertiary/aromatic N) is 3. The van der Waals surface area contributed by atoms with E-state index in [4.69, 9.17) is 5.26 Å². The van der Waals surface area contributed by atoms with Crippen LogP contribution in [0.3, 0.4) is 0 Å². The fourth-order valence-corrected chi connectivity index (χ4v) is 2.39. The zero-order chi connectivity index (χ0) is 15.6. The lowest BCUT2D eigenvalue weighted by atomic mass is 10.2. The second kappa shape index (κ2) is 5.97. The average molecular weight is 349 g/mol. The molecule has 0 bridgehead atoms. The van der Waals surface area contributed by atoms with E-state index >= 15 is 0 Å². The van der Waals surface area contributed by atoms with Crippen LogP contribution in [0, 0.1) is 28.4 Å². The van der Waals surface area contributed by atoms with Gasteiger partial charge in [-0.15, -0.1) is 0 Å². The van der Waals surface area contributed by atoms with Crippen molar-refractivity contribution in [2.45, 2.75) is 13.5 Å². The van der Waals surface area contributed by atoms with Crippen molar-refractivity contribution in [3.63, 3.8) is 0 Å². The van der Waals surface area contributed by atoms with E-state index < -0.39 is 4.92 Å². The van der Waals surface area contributed by atoms with Crippen LogP contribution in [-0.4, -0.2) is 9.49 Å². The highest BCUT2D eigenvalue weighted by Crippen LogP contribution is 2.28. The number of benzene rings is 1. The van der Waals surface area contributed by atoms with Crippen LogP contribution in [0.2, 0.25) is 0 Å². The second-order valence-electron chi connectivity index (χ2n) is 4.58. The van der Waals surface area contributed by atoms with Crippen LogP contribution in [0.15, 0.2) is 28.7 Å². The first-order chi connectivity index (χ1) is 9.93. The molecule has 0 saturated heterocycles. The number of aromatic nitrogens is 1. The molecule has 6 nitrogen and oxygen atoms in total. The molecule has 2 rings (SSSR count). The van der Waals surface area contributed by atoms with Gasteiger partial charge in [0, 0.05) is 29.8 Å². The van der Waals surface area contributed by atoms with Gasteiger partial charge < -0.3 is 9.88 Å². The van der Waals surface area contributed by atoms with Crippen molar-refractivity contribution in [3.05, 3.63) is 55.8 Å². The fraction of sp³-hybridized carbons (Fsp3) is 0.214. The lowest BCUT2D eigenvalue weighted by Gasteiger charge is -2.08. The van der Waals surface area contributed by atoms with Crippen LogP contribution in [0.25, 0.3) is 0 Å². The molecule has 2 aromatic rings. The highest BCUT2D eigenvalue weighted by molar-refractivity contribution is 9.10. The van der Waals surface area contributed by atoms with Gasteiger partial charge in [-0.25, -0.2) is 0 Å². The standard InChI is InChI=1S/C14H13BrN4O2/c1-9-10(5-12(7-16)18(9)2)8-17-13-4-3-11(15)6-14(13)19(20)21/h3-6,17H,8H2,1-2H3. The fourth-order valence-electron chi connectivity index (χ4n) is 2.04. The van der Waals surface area contributed by atoms with Crippen molar-refractivity contribution >= 4 is 27.3 Å². The third-order valence-electron chi connectivity index (χ3n) is 3.38. The summed E-state index contributed by atoms with van der Waals surface area (Å²) in [7, 11) is 1.82. The summed E-state index contributed by atoms with van der Waals surface area (Å²) in [5.74, 6) is 0. The summed E-state index contributed by atoms with van der Waals surface area (Å²) in [6, 6.07) is 8.76. The van der Waals surface area contributed by atoms with Gasteiger partial charge in [-0.05, 0) is 30.7 Å². The maximum absolute atomic E-state index is 11.1. The monoisotopic (exact) mass is 348 g/mol. The molecular weight excluding hydrogens is 336 g/mol. The summed E-state index contributed by atoms with van der Waals surface area (Å²) in [6.45, 7) is 2.33. The third kappa shape index (κ3) is 3.06. The molecule has 0 spiro atoms. The van der Waals surface area contributed by atoms with Gasteiger partial charge in [0.2, 0.25) is 0 Å². The molecule has 0 saturated carbocycles. The highest BCUT2D eigenvalue weighted by Gasteiger charge is 2.15. The number of nitro benzene ring substituents is 1. The zero-order valence-corrected chi connectivity index (χ0v) is 13.1. The molecule has 0 amide bonds. The summed E-state index contributed by atoms with van der Waals surface area (Å²) in [5, 5.41) is 23.1. The summed E-state index contributed by atoms with van der Waals surface area (Å²) >= 11 is 3.22. The molecular formula is C14H13BrN4O2. The molecule has 1 heterocycles. The predicted molar refractivity (Wildman–Crippen MR) is 83.0 cm³/mol. The van der Waals surface area contributed by atoms with Crippen molar-refractivity contribution in [3.8, 4) is 6.07 Å². The molecule has 0 atom stereocenters.